The van der Waals surface area contributed by atoms with Crippen molar-refractivity contribution in [2.24, 2.45) is 11.3 Å². The van der Waals surface area contributed by atoms with E-state index in [1.807, 2.05) is 6.92 Å². The van der Waals surface area contributed by atoms with Gasteiger partial charge in [0.05, 0.1) is 31.0 Å². The van der Waals surface area contributed by atoms with Crippen LogP contribution in [0.1, 0.15) is 39.5 Å². The molecule has 2 heterocycles. The maximum absolute atomic E-state index is 10.7. The van der Waals surface area contributed by atoms with Gasteiger partial charge in [-0.2, -0.15) is 0 Å². The zero-order valence-corrected chi connectivity index (χ0v) is 12.1. The fourth-order valence-electron chi connectivity index (χ4n) is 5.02. The third-order valence-corrected chi connectivity index (χ3v) is 6.87. The third kappa shape index (κ3) is 1.27. The SMILES string of the molecule is C[C@]1([C@@H]2C[C@@H](O)[C@]3(C)CC[C@@H](O)[C@@]4(CO)O[C@@]34C2)CO1. The molecule has 5 heteroatoms. The Labute approximate surface area is 118 Å². The van der Waals surface area contributed by atoms with E-state index in [0.29, 0.717) is 6.42 Å². The molecule has 0 amide bonds. The van der Waals surface area contributed by atoms with E-state index in [2.05, 4.69) is 6.92 Å². The molecule has 7 atom stereocenters. The smallest absolute Gasteiger partial charge is 0.147 e. The highest BCUT2D eigenvalue weighted by atomic mass is 16.7. The molecule has 0 bridgehead atoms. The predicted molar refractivity (Wildman–Crippen MR) is 70.1 cm³/mol. The van der Waals surface area contributed by atoms with Crippen LogP contribution < -0.4 is 0 Å². The van der Waals surface area contributed by atoms with Crippen molar-refractivity contribution in [2.75, 3.05) is 13.2 Å². The van der Waals surface area contributed by atoms with Crippen LogP contribution >= 0.6 is 0 Å². The summed E-state index contributed by atoms with van der Waals surface area (Å²) in [6.07, 6.45) is 1.68. The van der Waals surface area contributed by atoms with Gasteiger partial charge < -0.3 is 24.8 Å². The molecule has 2 saturated carbocycles. The Balaban J connectivity index is 1.73. The first-order chi connectivity index (χ1) is 9.34. The van der Waals surface area contributed by atoms with Gasteiger partial charge in [0.2, 0.25) is 0 Å². The normalized spacial score (nSPS) is 64.3. The van der Waals surface area contributed by atoms with E-state index in [4.69, 9.17) is 9.47 Å². The van der Waals surface area contributed by atoms with Crippen molar-refractivity contribution < 1.29 is 24.8 Å². The van der Waals surface area contributed by atoms with Crippen LogP contribution in [0.4, 0.5) is 0 Å². The lowest BCUT2D eigenvalue weighted by molar-refractivity contribution is -0.111. The topological polar surface area (TPSA) is 85.8 Å². The number of ether oxygens (including phenoxy) is 2. The number of epoxide rings is 2. The Kier molecular flexibility index (Phi) is 2.41. The highest BCUT2D eigenvalue weighted by Crippen LogP contribution is 2.72. The summed E-state index contributed by atoms with van der Waals surface area (Å²) in [6, 6.07) is 0. The fraction of sp³-hybridized carbons (Fsp3) is 1.00. The van der Waals surface area contributed by atoms with E-state index in [1.54, 1.807) is 0 Å². The Morgan fingerprint density at radius 2 is 1.90 bits per heavy atom. The van der Waals surface area contributed by atoms with Gasteiger partial charge in [0, 0.05) is 5.41 Å². The molecule has 0 aromatic rings. The van der Waals surface area contributed by atoms with E-state index in [1.165, 1.54) is 0 Å². The van der Waals surface area contributed by atoms with E-state index in [0.717, 1.165) is 25.9 Å². The molecular formula is C15H24O5. The minimum Gasteiger partial charge on any atom is -0.393 e. The quantitative estimate of drug-likeness (QED) is 0.631. The average Bonchev–Trinajstić information content (AvgIpc) is 3.29. The number of rotatable bonds is 2. The Hall–Kier alpha value is -0.200. The molecule has 4 rings (SSSR count). The van der Waals surface area contributed by atoms with Crippen LogP contribution in [-0.2, 0) is 9.47 Å². The summed E-state index contributed by atoms with van der Waals surface area (Å²) < 4.78 is 11.6. The van der Waals surface area contributed by atoms with Gasteiger partial charge in [-0.05, 0) is 38.5 Å². The molecule has 114 valence electrons. The van der Waals surface area contributed by atoms with Crippen molar-refractivity contribution in [1.82, 2.24) is 0 Å². The van der Waals surface area contributed by atoms with Crippen molar-refractivity contribution in [3.05, 3.63) is 0 Å². The Morgan fingerprint density at radius 3 is 2.50 bits per heavy atom. The molecular weight excluding hydrogens is 260 g/mol. The number of hydrogen-bond acceptors (Lipinski definition) is 5. The van der Waals surface area contributed by atoms with E-state index < -0.39 is 23.4 Å². The third-order valence-electron chi connectivity index (χ3n) is 6.87. The van der Waals surface area contributed by atoms with E-state index in [9.17, 15) is 15.3 Å². The molecule has 0 aromatic carbocycles. The first-order valence-electron chi connectivity index (χ1n) is 7.65. The fourth-order valence-corrected chi connectivity index (χ4v) is 5.02. The minimum atomic E-state index is -0.870. The van der Waals surface area contributed by atoms with Gasteiger partial charge in [0.25, 0.3) is 0 Å². The summed E-state index contributed by atoms with van der Waals surface area (Å²) in [5, 5.41) is 30.8. The zero-order chi connectivity index (χ0) is 14.4. The van der Waals surface area contributed by atoms with Crippen LogP contribution in [-0.4, -0.2) is 57.5 Å². The van der Waals surface area contributed by atoms with Crippen LogP contribution in [0.25, 0.3) is 0 Å². The predicted octanol–water partition coefficient (Wildman–Crippen LogP) is 0.207. The van der Waals surface area contributed by atoms with E-state index >= 15 is 0 Å². The van der Waals surface area contributed by atoms with Crippen LogP contribution in [0.15, 0.2) is 0 Å². The number of hydrogen-bond donors (Lipinski definition) is 3. The first kappa shape index (κ1) is 13.5. The van der Waals surface area contributed by atoms with Gasteiger partial charge in [-0.25, -0.2) is 0 Å². The molecule has 0 aromatic heterocycles. The van der Waals surface area contributed by atoms with Gasteiger partial charge in [0.1, 0.15) is 11.2 Å². The highest BCUT2D eigenvalue weighted by Gasteiger charge is 2.84. The molecule has 5 nitrogen and oxygen atoms in total. The number of aliphatic hydroxyl groups excluding tert-OH is 3. The van der Waals surface area contributed by atoms with Crippen LogP contribution in [0, 0.1) is 11.3 Å². The first-order valence-corrected chi connectivity index (χ1v) is 7.65. The summed E-state index contributed by atoms with van der Waals surface area (Å²) in [6.45, 7) is 4.67. The van der Waals surface area contributed by atoms with Gasteiger partial charge in [0.15, 0.2) is 0 Å². The average molecular weight is 284 g/mol. The second-order valence-electron chi connectivity index (χ2n) is 7.70. The van der Waals surface area contributed by atoms with Crippen LogP contribution in [0.2, 0.25) is 0 Å². The summed E-state index contributed by atoms with van der Waals surface area (Å²) in [4.78, 5) is 0. The van der Waals surface area contributed by atoms with Gasteiger partial charge in [-0.15, -0.1) is 0 Å². The molecule has 4 aliphatic rings. The van der Waals surface area contributed by atoms with Crippen molar-refractivity contribution in [3.63, 3.8) is 0 Å². The van der Waals surface area contributed by atoms with Gasteiger partial charge in [-0.3, -0.25) is 0 Å². The molecule has 2 aliphatic heterocycles. The van der Waals surface area contributed by atoms with Crippen LogP contribution in [0.3, 0.4) is 0 Å². The summed E-state index contributed by atoms with van der Waals surface area (Å²) >= 11 is 0. The lowest BCUT2D eigenvalue weighted by Gasteiger charge is -2.52. The van der Waals surface area contributed by atoms with Crippen LogP contribution in [0.5, 0.6) is 0 Å². The largest absolute Gasteiger partial charge is 0.393 e. The summed E-state index contributed by atoms with van der Waals surface area (Å²) in [5.41, 5.74) is -2.00. The number of aliphatic hydroxyl groups is 3. The molecule has 1 spiro atoms. The lowest BCUT2D eigenvalue weighted by Crippen LogP contribution is -2.62. The molecule has 4 fully saturated rings. The minimum absolute atomic E-state index is 0.160. The van der Waals surface area contributed by atoms with Crippen molar-refractivity contribution >= 4 is 0 Å². The summed E-state index contributed by atoms with van der Waals surface area (Å²) in [5.74, 6) is 0.226. The zero-order valence-electron chi connectivity index (χ0n) is 12.1. The van der Waals surface area contributed by atoms with Crippen molar-refractivity contribution in [3.8, 4) is 0 Å². The maximum Gasteiger partial charge on any atom is 0.147 e. The Morgan fingerprint density at radius 1 is 1.20 bits per heavy atom. The molecule has 20 heavy (non-hydrogen) atoms. The highest BCUT2D eigenvalue weighted by molar-refractivity contribution is 5.32. The molecule has 0 unspecified atom stereocenters. The maximum atomic E-state index is 10.7. The summed E-state index contributed by atoms with van der Waals surface area (Å²) in [7, 11) is 0. The van der Waals surface area contributed by atoms with Gasteiger partial charge >= 0.3 is 0 Å². The molecule has 2 saturated heterocycles. The molecule has 2 aliphatic carbocycles. The second-order valence-corrected chi connectivity index (χ2v) is 7.70. The lowest BCUT2D eigenvalue weighted by atomic mass is 9.52. The van der Waals surface area contributed by atoms with Crippen molar-refractivity contribution in [1.29, 1.82) is 0 Å². The van der Waals surface area contributed by atoms with Gasteiger partial charge in [-0.1, -0.05) is 6.92 Å². The van der Waals surface area contributed by atoms with Crippen molar-refractivity contribution in [2.45, 2.75) is 68.5 Å². The van der Waals surface area contributed by atoms with E-state index in [-0.39, 0.29) is 23.5 Å². The monoisotopic (exact) mass is 284 g/mol. The standard InChI is InChI=1S/C15H24O5/c1-12-4-3-10(17)14(7-16)15(12,20-14)6-9(5-11(12)18)13(2)8-19-13/h9-11,16-18H,3-8H2,1-2H3/t9-,10-,11-,12+,13-,14-,15+/m1/s1. The Bertz CT molecular complexity index is 450. The molecule has 0 radical (unpaired) electrons. The molecule has 3 N–H and O–H groups in total. The second kappa shape index (κ2) is 3.58.